The molecular formula is C15H18N4O2S. The number of primary amides is 1. The molecule has 6 nitrogen and oxygen atoms in total. The number of rotatable bonds is 5. The minimum absolute atomic E-state index is 0.0859. The first kappa shape index (κ1) is 14.8. The Morgan fingerprint density at radius 1 is 1.45 bits per heavy atom. The maximum Gasteiger partial charge on any atom is 0.259 e. The van der Waals surface area contributed by atoms with Gasteiger partial charge in [0, 0.05) is 22.8 Å². The number of nitrogens with zero attached hydrogens (tertiary/aromatic N) is 2. The molecular weight excluding hydrogens is 300 g/mol. The maximum atomic E-state index is 12.4. The predicted molar refractivity (Wildman–Crippen MR) is 85.1 cm³/mol. The van der Waals surface area contributed by atoms with E-state index < -0.39 is 5.91 Å². The summed E-state index contributed by atoms with van der Waals surface area (Å²) in [6, 6.07) is 2.46. The highest BCUT2D eigenvalue weighted by Gasteiger charge is 2.28. The first-order valence-electron chi connectivity index (χ1n) is 7.18. The number of carbonyl (C=O) groups is 2. The zero-order chi connectivity index (χ0) is 15.9. The van der Waals surface area contributed by atoms with Gasteiger partial charge in [-0.1, -0.05) is 0 Å². The van der Waals surface area contributed by atoms with Gasteiger partial charge in [0.1, 0.15) is 0 Å². The van der Waals surface area contributed by atoms with Gasteiger partial charge in [0.15, 0.2) is 5.13 Å². The van der Waals surface area contributed by atoms with Crippen LogP contribution >= 0.6 is 11.3 Å². The van der Waals surface area contributed by atoms with E-state index >= 15 is 0 Å². The number of aromatic nitrogens is 2. The fourth-order valence-corrected chi connectivity index (χ4v) is 3.40. The third-order valence-electron chi connectivity index (χ3n) is 3.77. The minimum atomic E-state index is -0.434. The molecule has 2 heterocycles. The lowest BCUT2D eigenvalue weighted by molar-refractivity contribution is -0.117. The highest BCUT2D eigenvalue weighted by Crippen LogP contribution is 2.38. The fraction of sp³-hybridized carbons (Fsp3) is 0.400. The SMILES string of the molecule is Cc1cc(C(=O)Nc2nc(CC(N)=O)cs2)c(C)n1C1CC1. The summed E-state index contributed by atoms with van der Waals surface area (Å²) >= 11 is 1.29. The third-order valence-corrected chi connectivity index (χ3v) is 4.58. The Kier molecular flexibility index (Phi) is 3.74. The summed E-state index contributed by atoms with van der Waals surface area (Å²) in [7, 11) is 0. The van der Waals surface area contributed by atoms with Crippen LogP contribution in [0.4, 0.5) is 5.13 Å². The lowest BCUT2D eigenvalue weighted by Gasteiger charge is -2.07. The van der Waals surface area contributed by atoms with Gasteiger partial charge < -0.3 is 10.3 Å². The molecule has 0 aliphatic heterocycles. The molecule has 1 saturated carbocycles. The number of nitrogens with one attached hydrogen (secondary N) is 1. The van der Waals surface area contributed by atoms with Gasteiger partial charge in [-0.3, -0.25) is 14.9 Å². The normalized spacial score (nSPS) is 14.1. The summed E-state index contributed by atoms with van der Waals surface area (Å²) in [6.07, 6.45) is 2.45. The standard InChI is InChI=1S/C15H18N4O2S/c1-8-5-12(9(2)19(8)11-3-4-11)14(21)18-15-17-10(7-22-15)6-13(16)20/h5,7,11H,3-4,6H2,1-2H3,(H2,16,20)(H,17,18,21). The zero-order valence-electron chi connectivity index (χ0n) is 12.5. The topological polar surface area (TPSA) is 90.0 Å². The van der Waals surface area contributed by atoms with Crippen LogP contribution in [-0.2, 0) is 11.2 Å². The van der Waals surface area contributed by atoms with Crippen LogP contribution in [0, 0.1) is 13.8 Å². The van der Waals surface area contributed by atoms with E-state index in [0.29, 0.717) is 22.4 Å². The summed E-state index contributed by atoms with van der Waals surface area (Å²) in [5.74, 6) is -0.601. The summed E-state index contributed by atoms with van der Waals surface area (Å²) in [4.78, 5) is 27.5. The van der Waals surface area contributed by atoms with Crippen LogP contribution < -0.4 is 11.1 Å². The summed E-state index contributed by atoms with van der Waals surface area (Å²) in [5, 5.41) is 5.01. The number of nitrogens with two attached hydrogens (primary N) is 1. The molecule has 1 fully saturated rings. The van der Waals surface area contributed by atoms with Crippen LogP contribution in [0.1, 0.15) is 46.3 Å². The fourth-order valence-electron chi connectivity index (χ4n) is 2.69. The van der Waals surface area contributed by atoms with E-state index in [9.17, 15) is 9.59 Å². The Morgan fingerprint density at radius 3 is 2.82 bits per heavy atom. The van der Waals surface area contributed by atoms with E-state index in [1.54, 1.807) is 5.38 Å². The second-order valence-corrected chi connectivity index (χ2v) is 6.49. The number of carbonyl (C=O) groups excluding carboxylic acids is 2. The first-order valence-corrected chi connectivity index (χ1v) is 8.06. The Balaban J connectivity index is 1.76. The van der Waals surface area contributed by atoms with Crippen molar-refractivity contribution in [2.45, 2.75) is 39.2 Å². The van der Waals surface area contributed by atoms with Crippen molar-refractivity contribution in [1.82, 2.24) is 9.55 Å². The number of amides is 2. The monoisotopic (exact) mass is 318 g/mol. The van der Waals surface area contributed by atoms with Gasteiger partial charge in [-0.05, 0) is 32.8 Å². The molecule has 0 unspecified atom stereocenters. The largest absolute Gasteiger partial charge is 0.369 e. The van der Waals surface area contributed by atoms with E-state index in [0.717, 1.165) is 11.4 Å². The van der Waals surface area contributed by atoms with Crippen molar-refractivity contribution in [3.63, 3.8) is 0 Å². The molecule has 22 heavy (non-hydrogen) atoms. The van der Waals surface area contributed by atoms with Crippen molar-refractivity contribution in [1.29, 1.82) is 0 Å². The smallest absolute Gasteiger partial charge is 0.259 e. The summed E-state index contributed by atoms with van der Waals surface area (Å²) in [5.41, 5.74) is 8.49. The third kappa shape index (κ3) is 2.89. The molecule has 1 aliphatic rings. The molecule has 116 valence electrons. The Bertz CT molecular complexity index is 743. The zero-order valence-corrected chi connectivity index (χ0v) is 13.4. The van der Waals surface area contributed by atoms with E-state index in [1.165, 1.54) is 24.2 Å². The van der Waals surface area contributed by atoms with Gasteiger partial charge in [0.2, 0.25) is 5.91 Å². The van der Waals surface area contributed by atoms with Crippen LogP contribution in [-0.4, -0.2) is 21.4 Å². The lowest BCUT2D eigenvalue weighted by Crippen LogP contribution is -2.15. The van der Waals surface area contributed by atoms with Gasteiger partial charge in [-0.15, -0.1) is 11.3 Å². The van der Waals surface area contributed by atoms with Crippen LogP contribution in [0.25, 0.3) is 0 Å². The van der Waals surface area contributed by atoms with E-state index in [4.69, 9.17) is 5.73 Å². The number of hydrogen-bond acceptors (Lipinski definition) is 4. The Morgan fingerprint density at radius 2 is 2.18 bits per heavy atom. The lowest BCUT2D eigenvalue weighted by atomic mass is 10.2. The highest BCUT2D eigenvalue weighted by atomic mass is 32.1. The molecule has 1 aliphatic carbocycles. The second kappa shape index (κ2) is 5.57. The second-order valence-electron chi connectivity index (χ2n) is 5.63. The van der Waals surface area contributed by atoms with Crippen molar-refractivity contribution in [2.24, 2.45) is 5.73 Å². The molecule has 2 aromatic rings. The number of aryl methyl sites for hydroxylation is 1. The van der Waals surface area contributed by atoms with Crippen molar-refractivity contribution < 1.29 is 9.59 Å². The van der Waals surface area contributed by atoms with Crippen LogP contribution in [0.15, 0.2) is 11.4 Å². The summed E-state index contributed by atoms with van der Waals surface area (Å²) in [6.45, 7) is 4.00. The average molecular weight is 318 g/mol. The molecule has 3 rings (SSSR count). The number of anilines is 1. The molecule has 2 aromatic heterocycles. The maximum absolute atomic E-state index is 12.4. The molecule has 3 N–H and O–H groups in total. The van der Waals surface area contributed by atoms with Crippen molar-refractivity contribution >= 4 is 28.3 Å². The number of thiazole rings is 1. The molecule has 0 saturated heterocycles. The quantitative estimate of drug-likeness (QED) is 0.885. The van der Waals surface area contributed by atoms with Crippen LogP contribution in [0.5, 0.6) is 0 Å². The van der Waals surface area contributed by atoms with Gasteiger partial charge in [-0.25, -0.2) is 4.98 Å². The van der Waals surface area contributed by atoms with Crippen molar-refractivity contribution in [3.05, 3.63) is 34.1 Å². The van der Waals surface area contributed by atoms with E-state index in [2.05, 4.69) is 14.9 Å². The van der Waals surface area contributed by atoms with Gasteiger partial charge in [-0.2, -0.15) is 0 Å². The van der Waals surface area contributed by atoms with Gasteiger partial charge >= 0.3 is 0 Å². The Labute approximate surface area is 132 Å². The van der Waals surface area contributed by atoms with Crippen LogP contribution in [0.3, 0.4) is 0 Å². The Hall–Kier alpha value is -2.15. The molecule has 2 amide bonds. The highest BCUT2D eigenvalue weighted by molar-refractivity contribution is 7.14. The molecule has 0 spiro atoms. The van der Waals surface area contributed by atoms with Gasteiger partial charge in [0.05, 0.1) is 17.7 Å². The number of hydrogen-bond donors (Lipinski definition) is 2. The molecule has 0 bridgehead atoms. The summed E-state index contributed by atoms with van der Waals surface area (Å²) < 4.78 is 2.23. The average Bonchev–Trinajstić information content (AvgIpc) is 3.09. The van der Waals surface area contributed by atoms with Crippen molar-refractivity contribution in [2.75, 3.05) is 5.32 Å². The van der Waals surface area contributed by atoms with Crippen LogP contribution in [0.2, 0.25) is 0 Å². The van der Waals surface area contributed by atoms with Crippen molar-refractivity contribution in [3.8, 4) is 0 Å². The minimum Gasteiger partial charge on any atom is -0.369 e. The molecule has 0 atom stereocenters. The molecule has 0 aromatic carbocycles. The molecule has 0 radical (unpaired) electrons. The molecule has 7 heteroatoms. The van der Waals surface area contributed by atoms with Gasteiger partial charge in [0.25, 0.3) is 5.91 Å². The first-order chi connectivity index (χ1) is 10.5. The van der Waals surface area contributed by atoms with E-state index in [1.807, 2.05) is 19.9 Å². The predicted octanol–water partition coefficient (Wildman–Crippen LogP) is 2.18. The van der Waals surface area contributed by atoms with E-state index in [-0.39, 0.29) is 12.3 Å².